The molecule has 2 aliphatic heterocycles. The summed E-state index contributed by atoms with van der Waals surface area (Å²) in [5.74, 6) is -1.02. The Bertz CT molecular complexity index is 1190. The van der Waals surface area contributed by atoms with Crippen molar-refractivity contribution >= 4 is 40.4 Å². The van der Waals surface area contributed by atoms with Crippen molar-refractivity contribution in [3.05, 3.63) is 92.9 Å². The first-order valence-electron chi connectivity index (χ1n) is 10.2. The Labute approximate surface area is 200 Å². The van der Waals surface area contributed by atoms with E-state index in [1.54, 1.807) is 31.2 Å². The van der Waals surface area contributed by atoms with Crippen LogP contribution >= 0.6 is 23.4 Å². The van der Waals surface area contributed by atoms with Gasteiger partial charge in [0.15, 0.2) is 5.17 Å². The van der Waals surface area contributed by atoms with Gasteiger partial charge in [-0.25, -0.2) is 14.2 Å². The number of thioether (sulfide) groups is 1. The minimum Gasteiger partial charge on any atom is -0.466 e. The Hall–Kier alpha value is -3.10. The maximum atomic E-state index is 13.1. The molecule has 1 N–H and O–H groups in total. The van der Waals surface area contributed by atoms with E-state index in [1.807, 2.05) is 22.4 Å². The molecule has 0 spiro atoms. The molecular formula is C24H21ClFN3O3S. The number of methoxy groups -OCH3 is 1. The largest absolute Gasteiger partial charge is 0.466 e. The molecule has 4 rings (SSSR count). The summed E-state index contributed by atoms with van der Waals surface area (Å²) in [6.07, 6.45) is 0.0811. The zero-order chi connectivity index (χ0) is 23.5. The number of aliphatic imine (C=N–C) groups is 1. The average molecular weight is 486 g/mol. The molecule has 33 heavy (non-hydrogen) atoms. The molecule has 0 saturated carbocycles. The van der Waals surface area contributed by atoms with E-state index in [9.17, 15) is 14.0 Å². The van der Waals surface area contributed by atoms with E-state index in [0.717, 1.165) is 11.1 Å². The van der Waals surface area contributed by atoms with Crippen LogP contribution in [0.2, 0.25) is 5.02 Å². The standard InChI is InChI=1S/C24H21ClFN3O3S/c1-14-21(23(31)32-2)22(16-4-3-5-17(25)10-16)29-19(13-33-24(29)28-14)11-20(30)27-12-15-6-8-18(26)9-7-15/h3-10,13,22H,11-12H2,1-2H3,(H,27,30)/t22-/m1/s1. The lowest BCUT2D eigenvalue weighted by Gasteiger charge is -2.36. The van der Waals surface area contributed by atoms with Gasteiger partial charge in [0, 0.05) is 17.3 Å². The number of halogens is 2. The minimum absolute atomic E-state index is 0.0811. The van der Waals surface area contributed by atoms with Gasteiger partial charge in [0.1, 0.15) is 5.82 Å². The number of benzene rings is 2. The van der Waals surface area contributed by atoms with Gasteiger partial charge in [-0.15, -0.1) is 0 Å². The Balaban J connectivity index is 1.59. The molecule has 1 atom stereocenters. The van der Waals surface area contributed by atoms with Gasteiger partial charge in [0.2, 0.25) is 5.91 Å². The molecule has 0 aliphatic carbocycles. The molecule has 0 bridgehead atoms. The first-order chi connectivity index (χ1) is 15.9. The van der Waals surface area contributed by atoms with Crippen LogP contribution in [0.4, 0.5) is 4.39 Å². The molecule has 0 saturated heterocycles. The third-order valence-electron chi connectivity index (χ3n) is 5.31. The lowest BCUT2D eigenvalue weighted by molar-refractivity contribution is -0.136. The van der Waals surface area contributed by atoms with Crippen LogP contribution in [0.25, 0.3) is 0 Å². The van der Waals surface area contributed by atoms with Crippen LogP contribution < -0.4 is 5.32 Å². The number of hydrogen-bond acceptors (Lipinski definition) is 6. The lowest BCUT2D eigenvalue weighted by Crippen LogP contribution is -2.37. The van der Waals surface area contributed by atoms with E-state index < -0.39 is 12.0 Å². The van der Waals surface area contributed by atoms with Crippen molar-refractivity contribution in [2.75, 3.05) is 7.11 Å². The highest BCUT2D eigenvalue weighted by Gasteiger charge is 2.41. The van der Waals surface area contributed by atoms with Gasteiger partial charge in [0.05, 0.1) is 30.8 Å². The molecule has 0 radical (unpaired) electrons. The van der Waals surface area contributed by atoms with Crippen LogP contribution in [0.1, 0.15) is 30.5 Å². The van der Waals surface area contributed by atoms with Gasteiger partial charge in [-0.2, -0.15) is 0 Å². The molecular weight excluding hydrogens is 465 g/mol. The van der Waals surface area contributed by atoms with E-state index in [-0.39, 0.29) is 24.7 Å². The summed E-state index contributed by atoms with van der Waals surface area (Å²) < 4.78 is 18.1. The maximum absolute atomic E-state index is 13.1. The van der Waals surface area contributed by atoms with E-state index in [0.29, 0.717) is 27.2 Å². The van der Waals surface area contributed by atoms with Crippen molar-refractivity contribution in [1.29, 1.82) is 0 Å². The van der Waals surface area contributed by atoms with Crippen molar-refractivity contribution in [3.8, 4) is 0 Å². The van der Waals surface area contributed by atoms with Crippen LogP contribution in [-0.4, -0.2) is 29.1 Å². The van der Waals surface area contributed by atoms with Crippen LogP contribution in [0.15, 0.2) is 75.9 Å². The number of fused-ring (bicyclic) bond motifs is 1. The third kappa shape index (κ3) is 4.96. The number of ether oxygens (including phenoxy) is 1. The van der Waals surface area contributed by atoms with Gasteiger partial charge < -0.3 is 15.0 Å². The fourth-order valence-electron chi connectivity index (χ4n) is 3.76. The molecule has 2 aromatic rings. The first-order valence-corrected chi connectivity index (χ1v) is 11.4. The lowest BCUT2D eigenvalue weighted by atomic mass is 9.94. The Kier molecular flexibility index (Phi) is 6.85. The third-order valence-corrected chi connectivity index (χ3v) is 6.44. The van der Waals surface area contributed by atoms with E-state index >= 15 is 0 Å². The highest BCUT2D eigenvalue weighted by Crippen LogP contribution is 2.45. The summed E-state index contributed by atoms with van der Waals surface area (Å²) >= 11 is 7.64. The summed E-state index contributed by atoms with van der Waals surface area (Å²) in [5, 5.41) is 5.93. The second-order valence-electron chi connectivity index (χ2n) is 7.52. The second kappa shape index (κ2) is 9.80. The fourth-order valence-corrected chi connectivity index (χ4v) is 4.93. The number of rotatable bonds is 6. The van der Waals surface area contributed by atoms with Gasteiger partial charge in [-0.05, 0) is 47.7 Å². The smallest absolute Gasteiger partial charge is 0.338 e. The number of amides is 1. The molecule has 2 heterocycles. The monoisotopic (exact) mass is 485 g/mol. The summed E-state index contributed by atoms with van der Waals surface area (Å²) in [4.78, 5) is 31.9. The highest BCUT2D eigenvalue weighted by molar-refractivity contribution is 8.16. The number of nitrogens with zero attached hydrogens (tertiary/aromatic N) is 2. The normalized spacial score (nSPS) is 17.3. The van der Waals surface area contributed by atoms with Gasteiger partial charge in [0.25, 0.3) is 0 Å². The predicted molar refractivity (Wildman–Crippen MR) is 127 cm³/mol. The van der Waals surface area contributed by atoms with Crippen molar-refractivity contribution in [2.45, 2.75) is 25.9 Å². The summed E-state index contributed by atoms with van der Waals surface area (Å²) in [6.45, 7) is 2.05. The zero-order valence-corrected chi connectivity index (χ0v) is 19.5. The summed E-state index contributed by atoms with van der Waals surface area (Å²) in [5.41, 5.74) is 3.23. The van der Waals surface area contributed by atoms with Crippen molar-refractivity contribution in [1.82, 2.24) is 10.2 Å². The number of amidine groups is 1. The van der Waals surface area contributed by atoms with Crippen LogP contribution in [0, 0.1) is 5.82 Å². The molecule has 0 unspecified atom stereocenters. The van der Waals surface area contributed by atoms with Gasteiger partial charge in [-0.3, -0.25) is 4.79 Å². The number of carbonyl (C=O) groups excluding carboxylic acids is 2. The van der Waals surface area contributed by atoms with Crippen molar-refractivity contribution in [2.24, 2.45) is 4.99 Å². The Morgan fingerprint density at radius 1 is 1.24 bits per heavy atom. The molecule has 2 aliphatic rings. The molecule has 2 aromatic carbocycles. The molecule has 0 fully saturated rings. The Morgan fingerprint density at radius 3 is 2.70 bits per heavy atom. The maximum Gasteiger partial charge on any atom is 0.338 e. The van der Waals surface area contributed by atoms with E-state index in [2.05, 4.69) is 10.3 Å². The van der Waals surface area contributed by atoms with Crippen molar-refractivity contribution < 1.29 is 18.7 Å². The molecule has 6 nitrogen and oxygen atoms in total. The van der Waals surface area contributed by atoms with Crippen molar-refractivity contribution in [3.63, 3.8) is 0 Å². The summed E-state index contributed by atoms with van der Waals surface area (Å²) in [6, 6.07) is 12.7. The Morgan fingerprint density at radius 2 is 2.00 bits per heavy atom. The first kappa shape index (κ1) is 23.1. The molecule has 1 amide bonds. The van der Waals surface area contributed by atoms with Gasteiger partial charge in [-0.1, -0.05) is 47.6 Å². The zero-order valence-electron chi connectivity index (χ0n) is 18.0. The molecule has 0 aromatic heterocycles. The number of allylic oxidation sites excluding steroid dienone is 1. The fraction of sp³-hybridized carbons (Fsp3) is 0.208. The number of nitrogens with one attached hydrogen (secondary N) is 1. The van der Waals surface area contributed by atoms with Crippen LogP contribution in [0.3, 0.4) is 0 Å². The SMILES string of the molecule is COC(=O)C1=C(C)N=C2SC=C(CC(=O)NCc3ccc(F)cc3)N2[C@@H]1c1cccc(Cl)c1. The number of esters is 1. The van der Waals surface area contributed by atoms with Crippen LogP contribution in [-0.2, 0) is 20.9 Å². The number of hydrogen-bond donors (Lipinski definition) is 1. The van der Waals surface area contributed by atoms with E-state index in [4.69, 9.17) is 16.3 Å². The van der Waals surface area contributed by atoms with Crippen LogP contribution in [0.5, 0.6) is 0 Å². The topological polar surface area (TPSA) is 71.0 Å². The highest BCUT2D eigenvalue weighted by atomic mass is 35.5. The second-order valence-corrected chi connectivity index (χ2v) is 8.79. The summed E-state index contributed by atoms with van der Waals surface area (Å²) in [7, 11) is 1.33. The number of carbonyl (C=O) groups is 2. The quantitative estimate of drug-likeness (QED) is 0.587. The predicted octanol–water partition coefficient (Wildman–Crippen LogP) is 4.93. The minimum atomic E-state index is -0.533. The molecule has 170 valence electrons. The molecule has 9 heteroatoms. The van der Waals surface area contributed by atoms with Gasteiger partial charge >= 0.3 is 5.97 Å². The van der Waals surface area contributed by atoms with E-state index in [1.165, 1.54) is 31.0 Å². The average Bonchev–Trinajstić information content (AvgIpc) is 3.19.